The first-order valence-electron chi connectivity index (χ1n) is 23.9. The first-order chi connectivity index (χ1) is 26.6. The Kier molecular flexibility index (Phi) is 44.4. The molecule has 318 valence electrons. The first kappa shape index (κ1) is 52.4. The van der Waals surface area contributed by atoms with Crippen LogP contribution in [0.1, 0.15) is 252 Å². The molecule has 0 aliphatic heterocycles. The van der Waals surface area contributed by atoms with Gasteiger partial charge in [0.05, 0.1) is 6.61 Å². The average molecular weight is 761 g/mol. The summed E-state index contributed by atoms with van der Waals surface area (Å²) in [5, 5.41) is 0. The van der Waals surface area contributed by atoms with Crippen molar-refractivity contribution in [3.8, 4) is 0 Å². The predicted octanol–water partition coefficient (Wildman–Crippen LogP) is 15.7. The van der Waals surface area contributed by atoms with Crippen molar-refractivity contribution in [2.75, 3.05) is 19.8 Å². The van der Waals surface area contributed by atoms with Gasteiger partial charge in [0.25, 0.3) is 0 Å². The lowest BCUT2D eigenvalue weighted by Crippen LogP contribution is -2.30. The largest absolute Gasteiger partial charge is 0.462 e. The lowest BCUT2D eigenvalue weighted by molar-refractivity contribution is -0.163. The molecule has 5 nitrogen and oxygen atoms in total. The van der Waals surface area contributed by atoms with Gasteiger partial charge in [-0.3, -0.25) is 9.59 Å². The molecule has 0 saturated heterocycles. The normalized spacial score (nSPS) is 12.3. The molecule has 0 aromatic heterocycles. The van der Waals surface area contributed by atoms with Gasteiger partial charge in [-0.15, -0.1) is 0 Å². The number of carbonyl (C=O) groups is 2. The molecule has 0 fully saturated rings. The standard InChI is InChI=1S/C49H92O5/c1-4-7-10-13-16-19-21-23-24-25-26-27-28-31-33-36-39-42-48(50)53-46-47(54-49(51)43-40-37-34-30-18-15-12-9-6-3)45-52-44-41-38-35-32-29-22-20-17-14-11-8-5-2/h16,19,23-24,47H,4-15,17-18,20-22,25-46H2,1-3H3/b19-16-,24-23-. The topological polar surface area (TPSA) is 61.8 Å². The summed E-state index contributed by atoms with van der Waals surface area (Å²) in [6.45, 7) is 7.81. The van der Waals surface area contributed by atoms with Crippen molar-refractivity contribution in [2.45, 2.75) is 258 Å². The molecular formula is C49H92O5. The second-order valence-corrected chi connectivity index (χ2v) is 16.0. The second kappa shape index (κ2) is 45.8. The average Bonchev–Trinajstić information content (AvgIpc) is 3.17. The summed E-state index contributed by atoms with van der Waals surface area (Å²) in [5.41, 5.74) is 0. The Bertz CT molecular complexity index is 821. The van der Waals surface area contributed by atoms with Crippen molar-refractivity contribution in [1.29, 1.82) is 0 Å². The number of esters is 2. The lowest BCUT2D eigenvalue weighted by atomic mass is 10.1. The summed E-state index contributed by atoms with van der Waals surface area (Å²) in [7, 11) is 0. The highest BCUT2D eigenvalue weighted by molar-refractivity contribution is 5.70. The van der Waals surface area contributed by atoms with E-state index in [1.165, 1.54) is 173 Å². The fourth-order valence-corrected chi connectivity index (χ4v) is 6.89. The summed E-state index contributed by atoms with van der Waals surface area (Å²) in [6, 6.07) is 0. The van der Waals surface area contributed by atoms with E-state index in [4.69, 9.17) is 14.2 Å². The van der Waals surface area contributed by atoms with Gasteiger partial charge in [0.1, 0.15) is 6.61 Å². The summed E-state index contributed by atoms with van der Waals surface area (Å²) >= 11 is 0. The van der Waals surface area contributed by atoms with Gasteiger partial charge < -0.3 is 14.2 Å². The van der Waals surface area contributed by atoms with Crippen LogP contribution in [0.25, 0.3) is 0 Å². The first-order valence-corrected chi connectivity index (χ1v) is 23.9. The van der Waals surface area contributed by atoms with E-state index in [1.807, 2.05) is 0 Å². The van der Waals surface area contributed by atoms with Crippen LogP contribution >= 0.6 is 0 Å². The summed E-state index contributed by atoms with van der Waals surface area (Å²) < 4.78 is 17.3. The molecule has 0 heterocycles. The van der Waals surface area contributed by atoms with E-state index in [1.54, 1.807) is 0 Å². The SMILES string of the molecule is CCCCC/C=C\C/C=C\CCCCCCCCCC(=O)OCC(COCCCCCCCCCCCCCC)OC(=O)CCCCCCCCCCC. The Hall–Kier alpha value is -1.62. The molecule has 0 amide bonds. The van der Waals surface area contributed by atoms with E-state index < -0.39 is 6.10 Å². The molecule has 1 unspecified atom stereocenters. The van der Waals surface area contributed by atoms with Crippen molar-refractivity contribution in [1.82, 2.24) is 0 Å². The van der Waals surface area contributed by atoms with Crippen molar-refractivity contribution in [2.24, 2.45) is 0 Å². The van der Waals surface area contributed by atoms with Gasteiger partial charge in [-0.2, -0.15) is 0 Å². The summed E-state index contributed by atoms with van der Waals surface area (Å²) in [4.78, 5) is 25.2. The van der Waals surface area contributed by atoms with Crippen LogP contribution < -0.4 is 0 Å². The van der Waals surface area contributed by atoms with E-state index in [0.29, 0.717) is 26.1 Å². The van der Waals surface area contributed by atoms with Crippen molar-refractivity contribution >= 4 is 11.9 Å². The monoisotopic (exact) mass is 761 g/mol. The Labute approximate surface area is 337 Å². The van der Waals surface area contributed by atoms with Gasteiger partial charge in [0.15, 0.2) is 6.10 Å². The highest BCUT2D eigenvalue weighted by Crippen LogP contribution is 2.15. The van der Waals surface area contributed by atoms with E-state index >= 15 is 0 Å². The highest BCUT2D eigenvalue weighted by Gasteiger charge is 2.17. The van der Waals surface area contributed by atoms with Gasteiger partial charge in [0.2, 0.25) is 0 Å². The highest BCUT2D eigenvalue weighted by atomic mass is 16.6. The zero-order valence-electron chi connectivity index (χ0n) is 36.5. The molecule has 0 aromatic carbocycles. The fraction of sp³-hybridized carbons (Fsp3) is 0.878. The number of allylic oxidation sites excluding steroid dienone is 4. The molecule has 0 aliphatic rings. The van der Waals surface area contributed by atoms with Gasteiger partial charge in [0, 0.05) is 19.4 Å². The minimum Gasteiger partial charge on any atom is -0.462 e. The quantitative estimate of drug-likeness (QED) is 0.0352. The zero-order chi connectivity index (χ0) is 39.3. The number of hydrogen-bond donors (Lipinski definition) is 0. The maximum absolute atomic E-state index is 12.7. The number of hydrogen-bond acceptors (Lipinski definition) is 5. The van der Waals surface area contributed by atoms with Crippen LogP contribution in [0.5, 0.6) is 0 Å². The van der Waals surface area contributed by atoms with Crippen LogP contribution in [-0.4, -0.2) is 37.9 Å². The zero-order valence-corrected chi connectivity index (χ0v) is 36.5. The van der Waals surface area contributed by atoms with Gasteiger partial charge in [-0.1, -0.05) is 212 Å². The number of rotatable bonds is 44. The molecule has 5 heteroatoms. The van der Waals surface area contributed by atoms with E-state index in [2.05, 4.69) is 45.1 Å². The smallest absolute Gasteiger partial charge is 0.306 e. The maximum Gasteiger partial charge on any atom is 0.306 e. The Morgan fingerprint density at radius 1 is 0.407 bits per heavy atom. The van der Waals surface area contributed by atoms with Crippen LogP contribution in [0.3, 0.4) is 0 Å². The third-order valence-electron chi connectivity index (χ3n) is 10.5. The molecule has 0 bridgehead atoms. The van der Waals surface area contributed by atoms with Gasteiger partial charge in [-0.25, -0.2) is 0 Å². The molecule has 1 atom stereocenters. The molecule has 0 radical (unpaired) electrons. The Balaban J connectivity index is 4.17. The third-order valence-corrected chi connectivity index (χ3v) is 10.5. The van der Waals surface area contributed by atoms with E-state index in [0.717, 1.165) is 44.9 Å². The Morgan fingerprint density at radius 3 is 1.26 bits per heavy atom. The van der Waals surface area contributed by atoms with Crippen LogP contribution in [0.4, 0.5) is 0 Å². The van der Waals surface area contributed by atoms with Crippen LogP contribution in [-0.2, 0) is 23.8 Å². The molecule has 0 spiro atoms. The van der Waals surface area contributed by atoms with Gasteiger partial charge in [-0.05, 0) is 51.4 Å². The van der Waals surface area contributed by atoms with Crippen molar-refractivity contribution in [3.05, 3.63) is 24.3 Å². The number of unbranched alkanes of at least 4 members (excludes halogenated alkanes) is 29. The molecule has 0 saturated carbocycles. The van der Waals surface area contributed by atoms with E-state index in [-0.39, 0.29) is 18.5 Å². The Morgan fingerprint density at radius 2 is 0.778 bits per heavy atom. The number of ether oxygens (including phenoxy) is 3. The third kappa shape index (κ3) is 43.1. The molecule has 0 N–H and O–H groups in total. The van der Waals surface area contributed by atoms with Crippen LogP contribution in [0.15, 0.2) is 24.3 Å². The molecule has 0 aliphatic carbocycles. The molecular weight excluding hydrogens is 669 g/mol. The second-order valence-electron chi connectivity index (χ2n) is 16.0. The predicted molar refractivity (Wildman–Crippen MR) is 233 cm³/mol. The van der Waals surface area contributed by atoms with Crippen molar-refractivity contribution < 1.29 is 23.8 Å². The van der Waals surface area contributed by atoms with Crippen LogP contribution in [0, 0.1) is 0 Å². The summed E-state index contributed by atoms with van der Waals surface area (Å²) in [5.74, 6) is -0.396. The molecule has 54 heavy (non-hydrogen) atoms. The van der Waals surface area contributed by atoms with Crippen molar-refractivity contribution in [3.63, 3.8) is 0 Å². The molecule has 0 rings (SSSR count). The minimum absolute atomic E-state index is 0.0878. The minimum atomic E-state index is -0.529. The van der Waals surface area contributed by atoms with E-state index in [9.17, 15) is 9.59 Å². The maximum atomic E-state index is 12.7. The van der Waals surface area contributed by atoms with Gasteiger partial charge >= 0.3 is 11.9 Å². The van der Waals surface area contributed by atoms with Crippen LogP contribution in [0.2, 0.25) is 0 Å². The summed E-state index contributed by atoms with van der Waals surface area (Å²) in [6.07, 6.45) is 51.7. The fourth-order valence-electron chi connectivity index (χ4n) is 6.89. The number of carbonyl (C=O) groups excluding carboxylic acids is 2. The lowest BCUT2D eigenvalue weighted by Gasteiger charge is -2.18. The molecule has 0 aromatic rings.